The molecule has 0 radical (unpaired) electrons. The van der Waals surface area contributed by atoms with E-state index in [1.165, 1.54) is 0 Å². The van der Waals surface area contributed by atoms with E-state index in [1.54, 1.807) is 6.92 Å². The molecule has 1 aliphatic rings. The molecule has 22 heavy (non-hydrogen) atoms. The van der Waals surface area contributed by atoms with Gasteiger partial charge in [0.25, 0.3) is 0 Å². The Balaban J connectivity index is 2.43. The van der Waals surface area contributed by atoms with Crippen LogP contribution in [-0.2, 0) is 13.0 Å². The van der Waals surface area contributed by atoms with Gasteiger partial charge in [-0.15, -0.1) is 0 Å². The molecule has 0 aliphatic heterocycles. The fourth-order valence-electron chi connectivity index (χ4n) is 3.19. The third-order valence-electron chi connectivity index (χ3n) is 4.51. The van der Waals surface area contributed by atoms with Gasteiger partial charge >= 0.3 is 0 Å². The van der Waals surface area contributed by atoms with Crippen LogP contribution in [0.1, 0.15) is 55.9 Å². The van der Waals surface area contributed by atoms with Crippen LogP contribution < -0.4 is 5.43 Å². The molecule has 0 saturated heterocycles. The summed E-state index contributed by atoms with van der Waals surface area (Å²) >= 11 is 0. The number of aryl methyl sites for hydroxylation is 1. The van der Waals surface area contributed by atoms with Crippen LogP contribution in [0, 0.1) is 12.3 Å². The Hall–Kier alpha value is -1.49. The van der Waals surface area contributed by atoms with Gasteiger partial charge in [-0.05, 0) is 31.8 Å². The maximum absolute atomic E-state index is 12.4. The number of hydrogen-bond donors (Lipinski definition) is 0. The first-order valence-corrected chi connectivity index (χ1v) is 8.15. The maximum atomic E-state index is 12.4. The summed E-state index contributed by atoms with van der Waals surface area (Å²) in [5.74, 6) is -0.0293. The van der Waals surface area contributed by atoms with Gasteiger partial charge in [0.15, 0.2) is 5.78 Å². The highest BCUT2D eigenvalue weighted by Crippen LogP contribution is 2.33. The Kier molecular flexibility index (Phi) is 4.85. The molecule has 5 nitrogen and oxygen atoms in total. The third-order valence-corrected chi connectivity index (χ3v) is 4.51. The summed E-state index contributed by atoms with van der Waals surface area (Å²) in [6, 6.07) is 0. The smallest absolute Gasteiger partial charge is 0.214 e. The Morgan fingerprint density at radius 2 is 1.82 bits per heavy atom. The minimum atomic E-state index is -0.186. The van der Waals surface area contributed by atoms with Crippen molar-refractivity contribution in [2.75, 3.05) is 19.6 Å². The largest absolute Gasteiger partial charge is 0.302 e. The Bertz CT molecular complexity index is 628. The zero-order chi connectivity index (χ0) is 16.5. The van der Waals surface area contributed by atoms with E-state index < -0.39 is 0 Å². The molecule has 0 spiro atoms. The number of likely N-dealkylation sites (N-methyl/N-ethyl adjacent to an activating group) is 1. The van der Waals surface area contributed by atoms with E-state index in [0.29, 0.717) is 24.2 Å². The number of ketones is 1. The quantitative estimate of drug-likeness (QED) is 0.835. The van der Waals surface area contributed by atoms with Crippen LogP contribution in [0.3, 0.4) is 0 Å². The van der Waals surface area contributed by atoms with Crippen LogP contribution in [0.2, 0.25) is 0 Å². The van der Waals surface area contributed by atoms with Crippen LogP contribution in [0.5, 0.6) is 0 Å². The molecular weight excluding hydrogens is 278 g/mol. The van der Waals surface area contributed by atoms with Crippen molar-refractivity contribution < 1.29 is 4.79 Å². The topological polar surface area (TPSA) is 55.2 Å². The molecule has 122 valence electrons. The Labute approximate surface area is 132 Å². The molecule has 5 heteroatoms. The molecule has 0 bridgehead atoms. The summed E-state index contributed by atoms with van der Waals surface area (Å²) in [7, 11) is 0. The maximum Gasteiger partial charge on any atom is 0.214 e. The normalized spacial score (nSPS) is 16.9. The van der Waals surface area contributed by atoms with Gasteiger partial charge in [-0.1, -0.05) is 27.7 Å². The first kappa shape index (κ1) is 16.9. The van der Waals surface area contributed by atoms with Crippen molar-refractivity contribution in [1.82, 2.24) is 14.7 Å². The minimum Gasteiger partial charge on any atom is -0.302 e. The molecular formula is C17H27N3O2. The predicted octanol–water partition coefficient (Wildman–Crippen LogP) is 2.05. The second kappa shape index (κ2) is 6.32. The second-order valence-corrected chi connectivity index (χ2v) is 6.93. The lowest BCUT2D eigenvalue weighted by Crippen LogP contribution is -2.38. The molecule has 0 atom stereocenters. The highest BCUT2D eigenvalue weighted by Gasteiger charge is 2.35. The summed E-state index contributed by atoms with van der Waals surface area (Å²) < 4.78 is 1.89. The number of rotatable bonds is 5. The lowest BCUT2D eigenvalue weighted by atomic mass is 9.75. The standard InChI is InChI=1S/C17H27N3O2/c1-6-19(7-2)8-9-20-13-10-17(4,5)11-14(21)15(13)16(22)12(3)18-20/h6-11H2,1-5H3. The summed E-state index contributed by atoms with van der Waals surface area (Å²) in [5, 5.41) is 4.45. The summed E-state index contributed by atoms with van der Waals surface area (Å²) in [5.41, 5.74) is 1.33. The van der Waals surface area contributed by atoms with Gasteiger partial charge < -0.3 is 4.90 Å². The third kappa shape index (κ3) is 3.29. The van der Waals surface area contributed by atoms with E-state index in [1.807, 2.05) is 4.68 Å². The number of aromatic nitrogens is 2. The van der Waals surface area contributed by atoms with Gasteiger partial charge in [0.1, 0.15) is 5.69 Å². The number of carbonyl (C=O) groups is 1. The van der Waals surface area contributed by atoms with E-state index in [2.05, 4.69) is 37.7 Å². The van der Waals surface area contributed by atoms with Crippen molar-refractivity contribution in [1.29, 1.82) is 0 Å². The van der Waals surface area contributed by atoms with E-state index in [0.717, 1.165) is 31.7 Å². The van der Waals surface area contributed by atoms with Gasteiger partial charge in [0.2, 0.25) is 5.43 Å². The molecule has 2 rings (SSSR count). The van der Waals surface area contributed by atoms with Crippen LogP contribution in [0.15, 0.2) is 4.79 Å². The fourth-order valence-corrected chi connectivity index (χ4v) is 3.19. The predicted molar refractivity (Wildman–Crippen MR) is 87.5 cm³/mol. The lowest BCUT2D eigenvalue weighted by Gasteiger charge is -2.32. The van der Waals surface area contributed by atoms with Gasteiger partial charge in [0, 0.05) is 13.0 Å². The molecule has 0 unspecified atom stereocenters. The molecule has 0 amide bonds. The fraction of sp³-hybridized carbons (Fsp3) is 0.706. The molecule has 0 aromatic carbocycles. The van der Waals surface area contributed by atoms with Crippen molar-refractivity contribution in [2.24, 2.45) is 5.41 Å². The average molecular weight is 305 g/mol. The Morgan fingerprint density at radius 1 is 1.18 bits per heavy atom. The highest BCUT2D eigenvalue weighted by molar-refractivity contribution is 5.98. The average Bonchev–Trinajstić information content (AvgIpc) is 2.43. The van der Waals surface area contributed by atoms with Crippen LogP contribution in [0.4, 0.5) is 0 Å². The monoisotopic (exact) mass is 305 g/mol. The Morgan fingerprint density at radius 3 is 2.41 bits per heavy atom. The first-order valence-electron chi connectivity index (χ1n) is 8.15. The lowest BCUT2D eigenvalue weighted by molar-refractivity contribution is 0.0903. The molecule has 1 heterocycles. The van der Waals surface area contributed by atoms with Gasteiger partial charge in [-0.2, -0.15) is 5.10 Å². The van der Waals surface area contributed by atoms with Crippen LogP contribution in [-0.4, -0.2) is 40.1 Å². The van der Waals surface area contributed by atoms with E-state index >= 15 is 0 Å². The zero-order valence-corrected chi connectivity index (χ0v) is 14.4. The van der Waals surface area contributed by atoms with Crippen LogP contribution >= 0.6 is 0 Å². The number of carbonyl (C=O) groups excluding carboxylic acids is 1. The van der Waals surface area contributed by atoms with E-state index in [9.17, 15) is 9.59 Å². The van der Waals surface area contributed by atoms with E-state index in [-0.39, 0.29) is 16.6 Å². The highest BCUT2D eigenvalue weighted by atomic mass is 16.1. The first-order chi connectivity index (χ1) is 10.3. The molecule has 1 aliphatic carbocycles. The van der Waals surface area contributed by atoms with Crippen molar-refractivity contribution in [2.45, 2.75) is 54.0 Å². The second-order valence-electron chi connectivity index (χ2n) is 6.93. The SMILES string of the molecule is CCN(CC)CCn1nc(C)c(=O)c2c1CC(C)(C)CC2=O. The molecule has 1 aromatic heterocycles. The number of Topliss-reactive ketones (excluding diaryl/α,β-unsaturated/α-hetero) is 1. The van der Waals surface area contributed by atoms with Gasteiger partial charge in [0.05, 0.1) is 17.8 Å². The number of nitrogens with zero attached hydrogens (tertiary/aromatic N) is 3. The minimum absolute atomic E-state index is 0.0293. The number of hydrogen-bond acceptors (Lipinski definition) is 4. The van der Waals surface area contributed by atoms with Crippen LogP contribution in [0.25, 0.3) is 0 Å². The summed E-state index contributed by atoms with van der Waals surface area (Å²) in [6.07, 6.45) is 1.17. The van der Waals surface area contributed by atoms with Gasteiger partial charge in [-0.3, -0.25) is 14.3 Å². The van der Waals surface area contributed by atoms with Gasteiger partial charge in [-0.25, -0.2) is 0 Å². The van der Waals surface area contributed by atoms with E-state index in [4.69, 9.17) is 0 Å². The molecule has 0 saturated carbocycles. The van der Waals surface area contributed by atoms with Crippen molar-refractivity contribution in [3.8, 4) is 0 Å². The van der Waals surface area contributed by atoms with Crippen molar-refractivity contribution in [3.05, 3.63) is 27.2 Å². The number of fused-ring (bicyclic) bond motifs is 1. The zero-order valence-electron chi connectivity index (χ0n) is 14.4. The van der Waals surface area contributed by atoms with Crippen molar-refractivity contribution in [3.63, 3.8) is 0 Å². The molecule has 0 fully saturated rings. The van der Waals surface area contributed by atoms with Crippen molar-refractivity contribution >= 4 is 5.78 Å². The molecule has 0 N–H and O–H groups in total. The summed E-state index contributed by atoms with van der Waals surface area (Å²) in [6.45, 7) is 13.7. The summed E-state index contributed by atoms with van der Waals surface area (Å²) in [4.78, 5) is 27.1. The molecule has 1 aromatic rings.